The van der Waals surface area contributed by atoms with Gasteiger partial charge >= 0.3 is 18.3 Å². The first-order valence-electron chi connectivity index (χ1n) is 20.7. The predicted octanol–water partition coefficient (Wildman–Crippen LogP) is 6.88. The number of nitrogens with one attached hydrogen (secondary N) is 1. The van der Waals surface area contributed by atoms with E-state index < -0.39 is 116 Å². The van der Waals surface area contributed by atoms with Gasteiger partial charge in [-0.25, -0.2) is 18.4 Å². The van der Waals surface area contributed by atoms with Crippen molar-refractivity contribution >= 4 is 44.6 Å². The summed E-state index contributed by atoms with van der Waals surface area (Å²) in [6.07, 6.45) is -6.40. The number of nitrogens with zero attached hydrogens (tertiary/aromatic N) is 3. The third-order valence-electron chi connectivity index (χ3n) is 12.9. The second kappa shape index (κ2) is 17.0. The summed E-state index contributed by atoms with van der Waals surface area (Å²) >= 11 is 0. The van der Waals surface area contributed by atoms with Crippen LogP contribution in [0.5, 0.6) is 17.4 Å². The van der Waals surface area contributed by atoms with Crippen LogP contribution in [0, 0.1) is 29.1 Å². The number of carbonyl (C=O) groups is 4. The number of hydrogen-bond donors (Lipinski definition) is 1. The first-order chi connectivity index (χ1) is 29.1. The molecule has 2 saturated carbocycles. The van der Waals surface area contributed by atoms with E-state index in [0.29, 0.717) is 46.0 Å². The van der Waals surface area contributed by atoms with Gasteiger partial charge in [-0.05, 0) is 77.0 Å². The molecular formula is C42H52F6N4O10S. The van der Waals surface area contributed by atoms with E-state index in [1.807, 2.05) is 13.0 Å². The Morgan fingerprint density at radius 2 is 1.62 bits per heavy atom. The first kappa shape index (κ1) is 47.8. The van der Waals surface area contributed by atoms with Crippen molar-refractivity contribution in [2.45, 2.75) is 127 Å². The third kappa shape index (κ3) is 9.87. The van der Waals surface area contributed by atoms with E-state index in [0.717, 1.165) is 13.2 Å². The van der Waals surface area contributed by atoms with Crippen molar-refractivity contribution in [3.05, 3.63) is 30.0 Å². The number of Topliss-reactive ketones (excluding diaryl/α,β-unsaturated/α-hetero) is 1. The van der Waals surface area contributed by atoms with Crippen LogP contribution in [-0.2, 0) is 40.1 Å². The van der Waals surface area contributed by atoms with Gasteiger partial charge in [0.1, 0.15) is 6.10 Å². The van der Waals surface area contributed by atoms with Crippen LogP contribution in [0.3, 0.4) is 0 Å². The topological polar surface area (TPSA) is 180 Å². The quantitative estimate of drug-likeness (QED) is 0.149. The minimum absolute atomic E-state index is 0.0625. The molecule has 63 heavy (non-hydrogen) atoms. The predicted molar refractivity (Wildman–Crippen MR) is 213 cm³/mol. The number of hydrogen-bond acceptors (Lipinski definition) is 12. The number of benzene rings is 1. The highest BCUT2D eigenvalue weighted by Crippen LogP contribution is 2.58. The Morgan fingerprint density at radius 3 is 2.22 bits per heavy atom. The van der Waals surface area contributed by atoms with Gasteiger partial charge in [-0.3, -0.25) is 23.9 Å². The van der Waals surface area contributed by atoms with Crippen molar-refractivity contribution in [3.63, 3.8) is 0 Å². The summed E-state index contributed by atoms with van der Waals surface area (Å²) in [6, 6.07) is 1.06. The van der Waals surface area contributed by atoms with E-state index >= 15 is 0 Å². The summed E-state index contributed by atoms with van der Waals surface area (Å²) < 4.78 is 132. The third-order valence-corrected chi connectivity index (χ3v) is 15.1. The van der Waals surface area contributed by atoms with Gasteiger partial charge in [-0.15, -0.1) is 0 Å². The molecule has 7 atom stereocenters. The highest BCUT2D eigenvalue weighted by molar-refractivity contribution is 7.91. The lowest BCUT2D eigenvalue weighted by molar-refractivity contribution is -0.257. The Kier molecular flexibility index (Phi) is 12.9. The van der Waals surface area contributed by atoms with Gasteiger partial charge in [-0.2, -0.15) is 26.3 Å². The summed E-state index contributed by atoms with van der Waals surface area (Å²) in [5.41, 5.74) is -6.07. The lowest BCUT2D eigenvalue weighted by Gasteiger charge is -2.33. The van der Waals surface area contributed by atoms with Gasteiger partial charge in [0.25, 0.3) is 0 Å². The number of fused-ring (bicyclic) bond motifs is 3. The van der Waals surface area contributed by atoms with Crippen LogP contribution in [0.15, 0.2) is 24.3 Å². The molecule has 21 heteroatoms. The van der Waals surface area contributed by atoms with Gasteiger partial charge in [0, 0.05) is 25.0 Å². The van der Waals surface area contributed by atoms with Gasteiger partial charge in [0.2, 0.25) is 39.0 Å². The fourth-order valence-electron chi connectivity index (χ4n) is 8.46. The molecular weight excluding hydrogens is 867 g/mol. The molecule has 6 rings (SSSR count). The average molecular weight is 919 g/mol. The normalized spacial score (nSPS) is 28.5. The molecule has 2 aliphatic heterocycles. The van der Waals surface area contributed by atoms with Crippen LogP contribution >= 0.6 is 0 Å². The van der Waals surface area contributed by atoms with Crippen LogP contribution in [0.1, 0.15) is 98.1 Å². The average Bonchev–Trinajstić information content (AvgIpc) is 4.06. The van der Waals surface area contributed by atoms with Gasteiger partial charge in [0.05, 0.1) is 60.3 Å². The molecule has 3 fully saturated rings. The number of aromatic nitrogens is 2. The van der Waals surface area contributed by atoms with E-state index in [1.54, 1.807) is 13.0 Å². The Bertz CT molecular complexity index is 2280. The summed E-state index contributed by atoms with van der Waals surface area (Å²) in [5, 5.41) is 0. The van der Waals surface area contributed by atoms with E-state index in [-0.39, 0.29) is 47.8 Å². The van der Waals surface area contributed by atoms with Crippen LogP contribution in [-0.4, -0.2) is 96.3 Å². The number of carbonyl (C=O) groups excluding carboxylic acids is 4. The molecule has 3 heterocycles. The zero-order valence-electron chi connectivity index (χ0n) is 35.9. The summed E-state index contributed by atoms with van der Waals surface area (Å²) in [5.74, 6) is -6.98. The summed E-state index contributed by atoms with van der Waals surface area (Å²) in [7, 11) is -1.89. The van der Waals surface area contributed by atoms with Crippen molar-refractivity contribution < 1.29 is 72.9 Å². The monoisotopic (exact) mass is 918 g/mol. The SMILES string of the molecule is COc1cc2nc(C(F)(F)F)c(OC)nc2cc1O[C@@H]1C[C@H]2C(=O)C[C@]3(C(=O)NS(=O)(=O)C4(C)CC4)C[C@H]3/C=C\CC[C@H](C)C[C@@H](C)[C@H](CC(=O)OC(C)(C)C(F)(F)F)C(=O)N2C1. The molecule has 2 aromatic rings. The number of amides is 2. The number of rotatable bonds is 10. The molecule has 1 aromatic heterocycles. The number of allylic oxidation sites excluding steroid dienone is 2. The largest absolute Gasteiger partial charge is 0.493 e. The summed E-state index contributed by atoms with van der Waals surface area (Å²) in [6.45, 7) is 6.16. The van der Waals surface area contributed by atoms with Crippen molar-refractivity contribution in [1.29, 1.82) is 0 Å². The molecule has 1 aromatic carbocycles. The van der Waals surface area contributed by atoms with E-state index in [2.05, 4.69) is 14.7 Å². The van der Waals surface area contributed by atoms with Gasteiger partial charge < -0.3 is 23.8 Å². The van der Waals surface area contributed by atoms with Crippen molar-refractivity contribution in [3.8, 4) is 17.4 Å². The lowest BCUT2D eigenvalue weighted by Crippen LogP contribution is -2.48. The maximum atomic E-state index is 14.9. The first-order valence-corrected chi connectivity index (χ1v) is 22.2. The Morgan fingerprint density at radius 1 is 0.968 bits per heavy atom. The summed E-state index contributed by atoms with van der Waals surface area (Å²) in [4.78, 5) is 65.7. The Balaban J connectivity index is 1.38. The zero-order chi connectivity index (χ0) is 46.7. The maximum Gasteiger partial charge on any atom is 0.438 e. The second-order valence-electron chi connectivity index (χ2n) is 18.2. The highest BCUT2D eigenvalue weighted by Gasteiger charge is 2.63. The number of alkyl halides is 6. The standard InChI is InChI=1S/C42H52F6N4O10S/c1-22-10-8-9-11-24-19-40(24,37(56)51-63(57,58)39(5)12-13-39)20-30(53)29-15-25(21-52(29)36(55)26(23(2)14-22)16-33(54)62-38(3,4)42(46,47)48)61-32-18-28-27(17-31(32)59-6)49-34(41(43,44)45)35(50-28)60-7/h9,11,17-18,22-26,29H,8,10,12-16,19-21H2,1-7H3,(H,51,56)/b11-9-/t22-,23+,24+,25+,26-,29-,40+/m0/s1. The second-order valence-corrected chi connectivity index (χ2v) is 20.4. The Labute approximate surface area is 360 Å². The number of methoxy groups -OCH3 is 2. The fraction of sp³-hybridized carbons (Fsp3) is 0.667. The number of ketones is 1. The van der Waals surface area contributed by atoms with Crippen LogP contribution < -0.4 is 18.9 Å². The molecule has 0 radical (unpaired) electrons. The maximum absolute atomic E-state index is 14.9. The molecule has 1 N–H and O–H groups in total. The van der Waals surface area contributed by atoms with Gasteiger partial charge in [-0.1, -0.05) is 26.0 Å². The minimum atomic E-state index is -4.93. The van der Waals surface area contributed by atoms with Crippen LogP contribution in [0.2, 0.25) is 0 Å². The van der Waals surface area contributed by atoms with Crippen LogP contribution in [0.25, 0.3) is 11.0 Å². The molecule has 0 unspecified atom stereocenters. The molecule has 4 aliphatic rings. The Hall–Kier alpha value is -4.69. The molecule has 0 bridgehead atoms. The zero-order valence-corrected chi connectivity index (χ0v) is 36.8. The number of esters is 1. The van der Waals surface area contributed by atoms with E-state index in [1.165, 1.54) is 25.0 Å². The number of halogens is 6. The van der Waals surface area contributed by atoms with Crippen molar-refractivity contribution in [2.24, 2.45) is 29.1 Å². The number of sulfonamides is 1. The minimum Gasteiger partial charge on any atom is -0.493 e. The lowest BCUT2D eigenvalue weighted by atomic mass is 9.82. The smallest absolute Gasteiger partial charge is 0.438 e. The molecule has 2 aliphatic carbocycles. The van der Waals surface area contributed by atoms with E-state index in [9.17, 15) is 53.9 Å². The molecule has 2 amide bonds. The van der Waals surface area contributed by atoms with Crippen molar-refractivity contribution in [2.75, 3.05) is 20.8 Å². The van der Waals surface area contributed by atoms with Crippen LogP contribution in [0.4, 0.5) is 26.3 Å². The van der Waals surface area contributed by atoms with Gasteiger partial charge in [0.15, 0.2) is 17.3 Å². The fourth-order valence-corrected chi connectivity index (χ4v) is 9.79. The molecule has 14 nitrogen and oxygen atoms in total. The highest BCUT2D eigenvalue weighted by atomic mass is 32.2. The molecule has 1 saturated heterocycles. The van der Waals surface area contributed by atoms with Crippen molar-refractivity contribution in [1.82, 2.24) is 19.6 Å². The molecule has 0 spiro atoms. The van der Waals surface area contributed by atoms with E-state index in [4.69, 9.17) is 18.9 Å². The molecule has 348 valence electrons. The number of ether oxygens (including phenoxy) is 4.